The van der Waals surface area contributed by atoms with Crippen molar-refractivity contribution in [2.24, 2.45) is 0 Å². The molecule has 23 heavy (non-hydrogen) atoms. The molecule has 0 saturated heterocycles. The summed E-state index contributed by atoms with van der Waals surface area (Å²) in [6.45, 7) is 0. The largest absolute Gasteiger partial charge is 0.311 e. The van der Waals surface area contributed by atoms with Gasteiger partial charge < -0.3 is 4.90 Å². The third kappa shape index (κ3) is 3.18. The molecule has 0 bridgehead atoms. The fourth-order valence-corrected chi connectivity index (χ4v) is 3.19. The Morgan fingerprint density at radius 3 is 1.74 bits per heavy atom. The first-order chi connectivity index (χ1) is 11.3. The van der Waals surface area contributed by atoms with Gasteiger partial charge in [0, 0.05) is 21.5 Å². The number of para-hydroxylation sites is 1. The maximum atomic E-state index is 3.52. The second-order valence-corrected chi connectivity index (χ2v) is 6.93. The number of nitrogens with zero attached hydrogens (tertiary/aromatic N) is 1. The Balaban J connectivity index is 1.76. The van der Waals surface area contributed by atoms with Crippen molar-refractivity contribution in [3.05, 3.63) is 88.9 Å². The summed E-state index contributed by atoms with van der Waals surface area (Å²) in [6.07, 6.45) is 2.68. The van der Waals surface area contributed by atoms with E-state index in [1.807, 2.05) is 0 Å². The summed E-state index contributed by atoms with van der Waals surface area (Å²) < 4.78 is 1.10. The summed E-state index contributed by atoms with van der Waals surface area (Å²) in [5.74, 6) is 0.793. The van der Waals surface area contributed by atoms with Crippen LogP contribution in [0.1, 0.15) is 24.3 Å². The molecule has 0 amide bonds. The fraction of sp³-hybridized carbons (Fsp3) is 0.143. The van der Waals surface area contributed by atoms with Crippen molar-refractivity contribution in [3.63, 3.8) is 0 Å². The van der Waals surface area contributed by atoms with Gasteiger partial charge in [-0.25, -0.2) is 0 Å². The van der Waals surface area contributed by atoms with Crippen LogP contribution in [0.5, 0.6) is 0 Å². The Morgan fingerprint density at radius 2 is 1.17 bits per heavy atom. The molecule has 114 valence electrons. The SMILES string of the molecule is Brc1ccc(N(c2ccccc2)c2ccc(C3CC3)cc2)cc1. The normalized spacial score (nSPS) is 13.8. The van der Waals surface area contributed by atoms with Gasteiger partial charge in [-0.2, -0.15) is 0 Å². The minimum Gasteiger partial charge on any atom is -0.311 e. The molecule has 0 aromatic heterocycles. The molecule has 0 aliphatic heterocycles. The summed E-state index contributed by atoms with van der Waals surface area (Å²) in [4.78, 5) is 2.29. The third-order valence-corrected chi connectivity index (χ3v) is 4.83. The van der Waals surface area contributed by atoms with Crippen molar-refractivity contribution >= 4 is 33.0 Å². The van der Waals surface area contributed by atoms with E-state index in [0.29, 0.717) is 0 Å². The van der Waals surface area contributed by atoms with Crippen LogP contribution in [0.4, 0.5) is 17.1 Å². The van der Waals surface area contributed by atoms with Crippen LogP contribution in [0, 0.1) is 0 Å². The molecule has 3 aromatic rings. The Hall–Kier alpha value is -2.06. The van der Waals surface area contributed by atoms with E-state index in [9.17, 15) is 0 Å². The van der Waals surface area contributed by atoms with Crippen LogP contribution < -0.4 is 4.90 Å². The molecule has 0 spiro atoms. The highest BCUT2D eigenvalue weighted by Crippen LogP contribution is 2.41. The van der Waals surface area contributed by atoms with Crippen molar-refractivity contribution in [1.29, 1.82) is 0 Å². The van der Waals surface area contributed by atoms with Crippen LogP contribution in [0.3, 0.4) is 0 Å². The zero-order valence-electron chi connectivity index (χ0n) is 12.8. The number of halogens is 1. The van der Waals surface area contributed by atoms with Crippen molar-refractivity contribution in [2.45, 2.75) is 18.8 Å². The van der Waals surface area contributed by atoms with Gasteiger partial charge in [0.2, 0.25) is 0 Å². The number of anilines is 3. The van der Waals surface area contributed by atoms with Crippen LogP contribution >= 0.6 is 15.9 Å². The lowest BCUT2D eigenvalue weighted by atomic mass is 10.1. The zero-order chi connectivity index (χ0) is 15.6. The van der Waals surface area contributed by atoms with Crippen LogP contribution in [-0.4, -0.2) is 0 Å². The molecule has 0 N–H and O–H groups in total. The van der Waals surface area contributed by atoms with Crippen molar-refractivity contribution in [2.75, 3.05) is 4.90 Å². The van der Waals surface area contributed by atoms with Gasteiger partial charge in [-0.05, 0) is 72.9 Å². The van der Waals surface area contributed by atoms with E-state index in [1.54, 1.807) is 0 Å². The minimum atomic E-state index is 0.793. The minimum absolute atomic E-state index is 0.793. The van der Waals surface area contributed by atoms with Gasteiger partial charge >= 0.3 is 0 Å². The maximum absolute atomic E-state index is 3.52. The Bertz CT molecular complexity index is 774. The van der Waals surface area contributed by atoms with E-state index in [2.05, 4.69) is 99.7 Å². The number of hydrogen-bond acceptors (Lipinski definition) is 1. The van der Waals surface area contributed by atoms with Gasteiger partial charge in [0.15, 0.2) is 0 Å². The standard InChI is InChI=1S/C21H18BrN/c22-18-10-14-21(15-11-18)23(19-4-2-1-3-5-19)20-12-8-17(9-13-20)16-6-7-16/h1-5,8-16H,6-7H2. The Morgan fingerprint density at radius 1 is 0.652 bits per heavy atom. The first kappa shape index (κ1) is 14.5. The average Bonchev–Trinajstić information content (AvgIpc) is 3.44. The molecule has 4 rings (SSSR count). The highest BCUT2D eigenvalue weighted by Gasteiger charge is 2.23. The Labute approximate surface area is 145 Å². The predicted octanol–water partition coefficient (Wildman–Crippen LogP) is 6.80. The van der Waals surface area contributed by atoms with E-state index in [4.69, 9.17) is 0 Å². The first-order valence-electron chi connectivity index (χ1n) is 8.02. The maximum Gasteiger partial charge on any atom is 0.0462 e. The van der Waals surface area contributed by atoms with E-state index >= 15 is 0 Å². The second kappa shape index (κ2) is 6.21. The lowest BCUT2D eigenvalue weighted by Gasteiger charge is -2.25. The average molecular weight is 364 g/mol. The van der Waals surface area contributed by atoms with E-state index in [1.165, 1.54) is 35.5 Å². The smallest absolute Gasteiger partial charge is 0.0462 e. The van der Waals surface area contributed by atoms with Crippen molar-refractivity contribution in [1.82, 2.24) is 0 Å². The number of rotatable bonds is 4. The van der Waals surface area contributed by atoms with Gasteiger partial charge in [0.25, 0.3) is 0 Å². The summed E-state index contributed by atoms with van der Waals surface area (Å²) in [5.41, 5.74) is 5.01. The quantitative estimate of drug-likeness (QED) is 0.492. The third-order valence-electron chi connectivity index (χ3n) is 4.30. The van der Waals surface area contributed by atoms with Gasteiger partial charge in [0.05, 0.1) is 0 Å². The molecule has 1 saturated carbocycles. The van der Waals surface area contributed by atoms with E-state index < -0.39 is 0 Å². The fourth-order valence-electron chi connectivity index (χ4n) is 2.93. The molecular formula is C21H18BrN. The molecule has 0 radical (unpaired) electrons. The van der Waals surface area contributed by atoms with Gasteiger partial charge in [-0.3, -0.25) is 0 Å². The van der Waals surface area contributed by atoms with Crippen molar-refractivity contribution in [3.8, 4) is 0 Å². The van der Waals surface area contributed by atoms with E-state index in [-0.39, 0.29) is 0 Å². The number of benzene rings is 3. The first-order valence-corrected chi connectivity index (χ1v) is 8.81. The molecule has 2 heteroatoms. The number of hydrogen-bond donors (Lipinski definition) is 0. The van der Waals surface area contributed by atoms with Gasteiger partial charge in [-0.1, -0.05) is 46.3 Å². The Kier molecular flexibility index (Phi) is 3.92. The summed E-state index contributed by atoms with van der Waals surface area (Å²) in [6, 6.07) is 28.0. The second-order valence-electron chi connectivity index (χ2n) is 6.01. The van der Waals surface area contributed by atoms with Crippen LogP contribution in [0.15, 0.2) is 83.3 Å². The zero-order valence-corrected chi connectivity index (χ0v) is 14.4. The highest BCUT2D eigenvalue weighted by molar-refractivity contribution is 9.10. The predicted molar refractivity (Wildman–Crippen MR) is 101 cm³/mol. The molecule has 1 fully saturated rings. The molecule has 1 aliphatic rings. The van der Waals surface area contributed by atoms with Crippen LogP contribution in [-0.2, 0) is 0 Å². The summed E-state index contributed by atoms with van der Waals surface area (Å²) in [5, 5.41) is 0. The lowest BCUT2D eigenvalue weighted by molar-refractivity contribution is 1.13. The molecule has 1 aliphatic carbocycles. The summed E-state index contributed by atoms with van der Waals surface area (Å²) in [7, 11) is 0. The van der Waals surface area contributed by atoms with Crippen LogP contribution in [0.2, 0.25) is 0 Å². The monoisotopic (exact) mass is 363 g/mol. The van der Waals surface area contributed by atoms with E-state index in [0.717, 1.165) is 10.4 Å². The molecule has 3 aromatic carbocycles. The van der Waals surface area contributed by atoms with Crippen LogP contribution in [0.25, 0.3) is 0 Å². The molecule has 1 nitrogen and oxygen atoms in total. The topological polar surface area (TPSA) is 3.24 Å². The summed E-state index contributed by atoms with van der Waals surface area (Å²) >= 11 is 3.52. The van der Waals surface area contributed by atoms with Gasteiger partial charge in [-0.15, -0.1) is 0 Å². The molecular weight excluding hydrogens is 346 g/mol. The molecule has 0 heterocycles. The highest BCUT2D eigenvalue weighted by atomic mass is 79.9. The van der Waals surface area contributed by atoms with Crippen molar-refractivity contribution < 1.29 is 0 Å². The lowest BCUT2D eigenvalue weighted by Crippen LogP contribution is -2.09. The van der Waals surface area contributed by atoms with Gasteiger partial charge in [0.1, 0.15) is 0 Å². The molecule has 0 unspecified atom stereocenters. The molecule has 0 atom stereocenters.